The first-order valence-electron chi connectivity index (χ1n) is 9.03. The number of carbonyl (C=O) groups excluding carboxylic acids is 2. The Balaban J connectivity index is 1.55. The number of benzene rings is 1. The summed E-state index contributed by atoms with van der Waals surface area (Å²) >= 11 is 0. The molecule has 6 heteroatoms. The summed E-state index contributed by atoms with van der Waals surface area (Å²) in [6.07, 6.45) is 3.54. The summed E-state index contributed by atoms with van der Waals surface area (Å²) in [6, 6.07) is 5.90. The second-order valence-electron chi connectivity index (χ2n) is 6.83. The molecule has 2 rings (SSSR count). The summed E-state index contributed by atoms with van der Waals surface area (Å²) in [5, 5.41) is 5.38. The molecule has 2 amide bonds. The molecular weight excluding hydrogens is 321 g/mol. The molecular formula is C19H28FN3O2. The van der Waals surface area contributed by atoms with Crippen LogP contribution < -0.4 is 10.6 Å². The van der Waals surface area contributed by atoms with Crippen LogP contribution in [0.2, 0.25) is 0 Å². The van der Waals surface area contributed by atoms with Crippen LogP contribution in [0.5, 0.6) is 0 Å². The number of piperidine rings is 1. The first kappa shape index (κ1) is 19.4. The van der Waals surface area contributed by atoms with Crippen LogP contribution in [0.15, 0.2) is 24.3 Å². The lowest BCUT2D eigenvalue weighted by Gasteiger charge is -2.30. The van der Waals surface area contributed by atoms with Gasteiger partial charge in [-0.15, -0.1) is 0 Å². The van der Waals surface area contributed by atoms with Gasteiger partial charge < -0.3 is 15.5 Å². The molecule has 25 heavy (non-hydrogen) atoms. The molecule has 1 aromatic carbocycles. The number of halogens is 1. The van der Waals surface area contributed by atoms with Crippen molar-refractivity contribution in [2.24, 2.45) is 5.92 Å². The molecule has 5 nitrogen and oxygen atoms in total. The average molecular weight is 349 g/mol. The van der Waals surface area contributed by atoms with Gasteiger partial charge >= 0.3 is 0 Å². The van der Waals surface area contributed by atoms with Gasteiger partial charge in [0.15, 0.2) is 0 Å². The monoisotopic (exact) mass is 349 g/mol. The van der Waals surface area contributed by atoms with Crippen molar-refractivity contribution in [3.8, 4) is 0 Å². The largest absolute Gasteiger partial charge is 0.355 e. The molecule has 1 saturated heterocycles. The van der Waals surface area contributed by atoms with Crippen LogP contribution in [0.3, 0.4) is 0 Å². The van der Waals surface area contributed by atoms with Crippen molar-refractivity contribution in [3.05, 3.63) is 35.6 Å². The van der Waals surface area contributed by atoms with Crippen molar-refractivity contribution in [1.82, 2.24) is 15.5 Å². The van der Waals surface area contributed by atoms with E-state index in [1.165, 1.54) is 25.0 Å². The van der Waals surface area contributed by atoms with Crippen LogP contribution in [0.1, 0.15) is 31.7 Å². The number of hydrogen-bond acceptors (Lipinski definition) is 3. The van der Waals surface area contributed by atoms with Crippen LogP contribution in [-0.2, 0) is 16.0 Å². The SMILES string of the molecule is C[C@H]1CCCN(CCCNC(=O)CNC(=O)Cc2cccc(F)c2)C1. The van der Waals surface area contributed by atoms with Crippen LogP contribution in [-0.4, -0.2) is 49.4 Å². The molecule has 0 aromatic heterocycles. The van der Waals surface area contributed by atoms with E-state index >= 15 is 0 Å². The lowest BCUT2D eigenvalue weighted by atomic mass is 10.0. The summed E-state index contributed by atoms with van der Waals surface area (Å²) in [6.45, 7) is 6.13. The van der Waals surface area contributed by atoms with E-state index in [0.29, 0.717) is 12.1 Å². The topological polar surface area (TPSA) is 61.4 Å². The molecule has 0 bridgehead atoms. The molecule has 1 aliphatic heterocycles. The van der Waals surface area contributed by atoms with Gasteiger partial charge in [-0.3, -0.25) is 9.59 Å². The minimum atomic E-state index is -0.369. The van der Waals surface area contributed by atoms with E-state index in [-0.39, 0.29) is 30.6 Å². The van der Waals surface area contributed by atoms with Gasteiger partial charge in [-0.25, -0.2) is 4.39 Å². The van der Waals surface area contributed by atoms with Crippen LogP contribution in [0.4, 0.5) is 4.39 Å². The van der Waals surface area contributed by atoms with Crippen molar-refractivity contribution in [2.75, 3.05) is 32.7 Å². The summed E-state index contributed by atoms with van der Waals surface area (Å²) in [5.74, 6) is -0.0922. The minimum absolute atomic E-state index is 0.0467. The summed E-state index contributed by atoms with van der Waals surface area (Å²) in [4.78, 5) is 26.0. The number of nitrogens with zero attached hydrogens (tertiary/aromatic N) is 1. The zero-order valence-corrected chi connectivity index (χ0v) is 14.9. The molecule has 2 N–H and O–H groups in total. The molecule has 1 heterocycles. The zero-order chi connectivity index (χ0) is 18.1. The van der Waals surface area contributed by atoms with E-state index in [4.69, 9.17) is 0 Å². The van der Waals surface area contributed by atoms with Gasteiger partial charge in [0.05, 0.1) is 13.0 Å². The van der Waals surface area contributed by atoms with Crippen molar-refractivity contribution in [3.63, 3.8) is 0 Å². The van der Waals surface area contributed by atoms with Crippen LogP contribution in [0.25, 0.3) is 0 Å². The van der Waals surface area contributed by atoms with E-state index in [2.05, 4.69) is 22.5 Å². The molecule has 0 aliphatic carbocycles. The summed E-state index contributed by atoms with van der Waals surface area (Å²) < 4.78 is 13.1. The molecule has 0 radical (unpaired) electrons. The van der Waals surface area contributed by atoms with Gasteiger partial charge in [0.1, 0.15) is 5.82 Å². The normalized spacial score (nSPS) is 17.9. The molecule has 1 fully saturated rings. The van der Waals surface area contributed by atoms with E-state index in [1.807, 2.05) is 0 Å². The molecule has 1 aliphatic rings. The Morgan fingerprint density at radius 1 is 1.28 bits per heavy atom. The number of rotatable bonds is 8. The van der Waals surface area contributed by atoms with Gasteiger partial charge in [-0.05, 0) is 56.0 Å². The van der Waals surface area contributed by atoms with E-state index < -0.39 is 0 Å². The Morgan fingerprint density at radius 3 is 2.88 bits per heavy atom. The Hall–Kier alpha value is -1.95. The van der Waals surface area contributed by atoms with Gasteiger partial charge in [-0.2, -0.15) is 0 Å². The fourth-order valence-corrected chi connectivity index (χ4v) is 3.16. The lowest BCUT2D eigenvalue weighted by Crippen LogP contribution is -2.39. The quantitative estimate of drug-likeness (QED) is 0.703. The average Bonchev–Trinajstić information content (AvgIpc) is 2.57. The van der Waals surface area contributed by atoms with E-state index in [0.717, 1.165) is 32.0 Å². The minimum Gasteiger partial charge on any atom is -0.355 e. The van der Waals surface area contributed by atoms with Crippen molar-refractivity contribution < 1.29 is 14.0 Å². The molecule has 1 aromatic rings. The third-order valence-corrected chi connectivity index (χ3v) is 4.41. The highest BCUT2D eigenvalue weighted by Gasteiger charge is 2.15. The molecule has 0 unspecified atom stereocenters. The number of carbonyl (C=O) groups is 2. The lowest BCUT2D eigenvalue weighted by molar-refractivity contribution is -0.125. The van der Waals surface area contributed by atoms with E-state index in [9.17, 15) is 14.0 Å². The Kier molecular flexibility index (Phi) is 7.85. The fraction of sp³-hybridized carbons (Fsp3) is 0.579. The first-order chi connectivity index (χ1) is 12.0. The summed E-state index contributed by atoms with van der Waals surface area (Å²) in [5.41, 5.74) is 0.591. The maximum Gasteiger partial charge on any atom is 0.239 e. The zero-order valence-electron chi connectivity index (χ0n) is 14.9. The third kappa shape index (κ3) is 7.65. The molecule has 1 atom stereocenters. The second kappa shape index (κ2) is 10.1. The van der Waals surface area contributed by atoms with E-state index in [1.54, 1.807) is 12.1 Å². The second-order valence-corrected chi connectivity index (χ2v) is 6.83. The molecule has 0 spiro atoms. The fourth-order valence-electron chi connectivity index (χ4n) is 3.16. The Morgan fingerprint density at radius 2 is 2.12 bits per heavy atom. The highest BCUT2D eigenvalue weighted by molar-refractivity contribution is 5.85. The standard InChI is InChI=1S/C19H28FN3O2/c1-15-5-3-9-23(14-15)10-4-8-21-19(25)13-22-18(24)12-16-6-2-7-17(20)11-16/h2,6-7,11,15H,3-5,8-10,12-14H2,1H3,(H,21,25)(H,22,24)/t15-/m0/s1. The molecule has 0 saturated carbocycles. The third-order valence-electron chi connectivity index (χ3n) is 4.41. The number of amides is 2. The van der Waals surface area contributed by atoms with Crippen LogP contribution >= 0.6 is 0 Å². The number of likely N-dealkylation sites (tertiary alicyclic amines) is 1. The number of nitrogens with one attached hydrogen (secondary N) is 2. The van der Waals surface area contributed by atoms with Crippen molar-refractivity contribution in [2.45, 2.75) is 32.6 Å². The van der Waals surface area contributed by atoms with Crippen molar-refractivity contribution in [1.29, 1.82) is 0 Å². The van der Waals surface area contributed by atoms with Gasteiger partial charge in [-0.1, -0.05) is 19.1 Å². The van der Waals surface area contributed by atoms with Crippen LogP contribution in [0, 0.1) is 11.7 Å². The Bertz CT molecular complexity index is 580. The van der Waals surface area contributed by atoms with Gasteiger partial charge in [0, 0.05) is 13.1 Å². The highest BCUT2D eigenvalue weighted by Crippen LogP contribution is 2.15. The first-order valence-corrected chi connectivity index (χ1v) is 9.03. The predicted octanol–water partition coefficient (Wildman–Crippen LogP) is 1.72. The van der Waals surface area contributed by atoms with Crippen molar-refractivity contribution >= 4 is 11.8 Å². The maximum atomic E-state index is 13.1. The maximum absolute atomic E-state index is 13.1. The Labute approximate surface area is 149 Å². The summed E-state index contributed by atoms with van der Waals surface area (Å²) in [7, 11) is 0. The smallest absolute Gasteiger partial charge is 0.239 e. The number of hydrogen-bond donors (Lipinski definition) is 2. The molecule has 138 valence electrons. The van der Waals surface area contributed by atoms with Gasteiger partial charge in [0.25, 0.3) is 0 Å². The van der Waals surface area contributed by atoms with Gasteiger partial charge in [0.2, 0.25) is 11.8 Å². The highest BCUT2D eigenvalue weighted by atomic mass is 19.1. The predicted molar refractivity (Wildman–Crippen MR) is 95.6 cm³/mol.